The molecule has 0 radical (unpaired) electrons. The fraction of sp³-hybridized carbons (Fsp3) is 0.300. The van der Waals surface area contributed by atoms with Gasteiger partial charge in [-0.25, -0.2) is 4.79 Å². The fourth-order valence-corrected chi connectivity index (χ4v) is 3.39. The van der Waals surface area contributed by atoms with E-state index in [1.807, 2.05) is 55.5 Å². The molecular weight excluding hydrogens is 352 g/mol. The van der Waals surface area contributed by atoms with Gasteiger partial charge >= 0.3 is 12.0 Å². The largest absolute Gasteiger partial charge is 0.481 e. The van der Waals surface area contributed by atoms with Crippen molar-refractivity contribution in [3.8, 4) is 11.1 Å². The Morgan fingerprint density at radius 3 is 2.54 bits per heavy atom. The fourth-order valence-electron chi connectivity index (χ4n) is 3.27. The molecule has 2 aromatic rings. The van der Waals surface area contributed by atoms with E-state index >= 15 is 0 Å². The van der Waals surface area contributed by atoms with Crippen molar-refractivity contribution in [1.82, 2.24) is 10.2 Å². The number of nitrogens with zero attached hydrogens (tertiary/aromatic N) is 1. The molecule has 0 spiro atoms. The smallest absolute Gasteiger partial charge is 0.317 e. The molecule has 1 heterocycles. The van der Waals surface area contributed by atoms with Gasteiger partial charge in [-0.15, -0.1) is 0 Å². The molecule has 2 N–H and O–H groups in total. The molecule has 0 aliphatic carbocycles. The Balaban J connectivity index is 1.74. The zero-order valence-corrected chi connectivity index (χ0v) is 15.2. The van der Waals surface area contributed by atoms with Gasteiger partial charge in [0.15, 0.2) is 0 Å². The molecular formula is C20H21ClN2O3. The number of benzene rings is 2. The summed E-state index contributed by atoms with van der Waals surface area (Å²) in [6.45, 7) is 2.65. The van der Waals surface area contributed by atoms with E-state index in [2.05, 4.69) is 5.32 Å². The van der Waals surface area contributed by atoms with Crippen molar-refractivity contribution in [3.05, 3.63) is 59.1 Å². The van der Waals surface area contributed by atoms with Crippen LogP contribution in [0.1, 0.15) is 24.9 Å². The number of amides is 2. The molecule has 2 unspecified atom stereocenters. The highest BCUT2D eigenvalue weighted by Gasteiger charge is 2.31. The maximum Gasteiger partial charge on any atom is 0.317 e. The Bertz CT molecular complexity index is 807. The average molecular weight is 373 g/mol. The molecule has 0 bridgehead atoms. The standard InChI is InChI=1S/C20H21ClN2O3/c1-13(22-20(26)23-11-10-15(12-23)19(24)25)17-4-2-3-5-18(17)14-6-8-16(21)9-7-14/h2-9,13,15H,10-12H2,1H3,(H,22,26)(H,24,25). The predicted octanol–water partition coefficient (Wildman–Crippen LogP) is 4.18. The minimum Gasteiger partial charge on any atom is -0.481 e. The van der Waals surface area contributed by atoms with Gasteiger partial charge in [-0.3, -0.25) is 4.79 Å². The Morgan fingerprint density at radius 2 is 1.88 bits per heavy atom. The molecule has 26 heavy (non-hydrogen) atoms. The van der Waals surface area contributed by atoms with E-state index in [1.54, 1.807) is 4.90 Å². The normalized spacial score (nSPS) is 17.8. The van der Waals surface area contributed by atoms with Crippen molar-refractivity contribution in [2.75, 3.05) is 13.1 Å². The zero-order valence-electron chi connectivity index (χ0n) is 14.5. The third kappa shape index (κ3) is 3.99. The van der Waals surface area contributed by atoms with Crippen LogP contribution in [0.25, 0.3) is 11.1 Å². The summed E-state index contributed by atoms with van der Waals surface area (Å²) < 4.78 is 0. The van der Waals surface area contributed by atoms with Crippen LogP contribution in [0.15, 0.2) is 48.5 Å². The van der Waals surface area contributed by atoms with E-state index in [0.29, 0.717) is 18.0 Å². The van der Waals surface area contributed by atoms with Gasteiger partial charge in [0.1, 0.15) is 0 Å². The van der Waals surface area contributed by atoms with Crippen molar-refractivity contribution in [1.29, 1.82) is 0 Å². The number of aliphatic carboxylic acids is 1. The van der Waals surface area contributed by atoms with E-state index in [1.165, 1.54) is 0 Å². The van der Waals surface area contributed by atoms with Crippen LogP contribution in [0.3, 0.4) is 0 Å². The molecule has 2 aromatic carbocycles. The Kier molecular flexibility index (Phi) is 5.47. The molecule has 1 fully saturated rings. The van der Waals surface area contributed by atoms with Crippen LogP contribution < -0.4 is 5.32 Å². The monoisotopic (exact) mass is 372 g/mol. The lowest BCUT2D eigenvalue weighted by Crippen LogP contribution is -2.40. The number of likely N-dealkylation sites (tertiary alicyclic amines) is 1. The molecule has 5 nitrogen and oxygen atoms in total. The third-order valence-corrected chi connectivity index (χ3v) is 5.00. The number of hydrogen-bond acceptors (Lipinski definition) is 2. The second kappa shape index (κ2) is 7.79. The van der Waals surface area contributed by atoms with E-state index in [0.717, 1.165) is 16.7 Å². The lowest BCUT2D eigenvalue weighted by atomic mass is 9.95. The summed E-state index contributed by atoms with van der Waals surface area (Å²) in [7, 11) is 0. The number of carbonyl (C=O) groups is 2. The van der Waals surface area contributed by atoms with E-state index in [-0.39, 0.29) is 18.6 Å². The van der Waals surface area contributed by atoms with Gasteiger partial charge in [0.2, 0.25) is 0 Å². The molecule has 136 valence electrons. The first kappa shape index (κ1) is 18.3. The maximum absolute atomic E-state index is 12.5. The summed E-state index contributed by atoms with van der Waals surface area (Å²) in [4.78, 5) is 25.1. The second-order valence-electron chi connectivity index (χ2n) is 6.54. The van der Waals surface area contributed by atoms with Gasteiger partial charge < -0.3 is 15.3 Å². The van der Waals surface area contributed by atoms with Gasteiger partial charge in [0.05, 0.1) is 12.0 Å². The number of rotatable bonds is 4. The summed E-state index contributed by atoms with van der Waals surface area (Å²) in [6, 6.07) is 15.0. The Labute approximate surface area is 157 Å². The molecule has 3 rings (SSSR count). The third-order valence-electron chi connectivity index (χ3n) is 4.75. The van der Waals surface area contributed by atoms with Crippen molar-refractivity contribution in [2.24, 2.45) is 5.92 Å². The topological polar surface area (TPSA) is 69.6 Å². The van der Waals surface area contributed by atoms with Crippen LogP contribution in [0.2, 0.25) is 5.02 Å². The summed E-state index contributed by atoms with van der Waals surface area (Å²) >= 11 is 5.97. The molecule has 2 atom stereocenters. The summed E-state index contributed by atoms with van der Waals surface area (Å²) in [5, 5.41) is 12.7. The quantitative estimate of drug-likeness (QED) is 0.845. The van der Waals surface area contributed by atoms with Gasteiger partial charge in [-0.1, -0.05) is 48.0 Å². The van der Waals surface area contributed by atoms with Gasteiger partial charge in [-0.2, -0.15) is 0 Å². The second-order valence-corrected chi connectivity index (χ2v) is 6.97. The van der Waals surface area contributed by atoms with Crippen LogP contribution in [-0.4, -0.2) is 35.1 Å². The molecule has 1 aliphatic rings. The highest BCUT2D eigenvalue weighted by Crippen LogP contribution is 2.29. The summed E-state index contributed by atoms with van der Waals surface area (Å²) in [5.41, 5.74) is 3.05. The maximum atomic E-state index is 12.5. The molecule has 6 heteroatoms. The summed E-state index contributed by atoms with van der Waals surface area (Å²) in [6.07, 6.45) is 0.499. The Morgan fingerprint density at radius 1 is 1.19 bits per heavy atom. The highest BCUT2D eigenvalue weighted by molar-refractivity contribution is 6.30. The van der Waals surface area contributed by atoms with E-state index in [4.69, 9.17) is 16.7 Å². The highest BCUT2D eigenvalue weighted by atomic mass is 35.5. The first-order valence-electron chi connectivity index (χ1n) is 8.59. The van der Waals surface area contributed by atoms with Crippen LogP contribution >= 0.6 is 11.6 Å². The molecule has 1 aliphatic heterocycles. The lowest BCUT2D eigenvalue weighted by molar-refractivity contribution is -0.141. The lowest BCUT2D eigenvalue weighted by Gasteiger charge is -2.23. The number of carboxylic acids is 1. The number of halogens is 1. The van der Waals surface area contributed by atoms with Crippen molar-refractivity contribution >= 4 is 23.6 Å². The van der Waals surface area contributed by atoms with Gasteiger partial charge in [-0.05, 0) is 42.2 Å². The number of carboxylic acid groups (broad SMARTS) is 1. The number of carbonyl (C=O) groups excluding carboxylic acids is 1. The van der Waals surface area contributed by atoms with E-state index in [9.17, 15) is 9.59 Å². The van der Waals surface area contributed by atoms with Gasteiger partial charge in [0, 0.05) is 18.1 Å². The molecule has 2 amide bonds. The zero-order chi connectivity index (χ0) is 18.7. The number of nitrogens with one attached hydrogen (secondary N) is 1. The minimum absolute atomic E-state index is 0.210. The first-order chi connectivity index (χ1) is 12.5. The van der Waals surface area contributed by atoms with Gasteiger partial charge in [0.25, 0.3) is 0 Å². The van der Waals surface area contributed by atoms with Crippen molar-refractivity contribution < 1.29 is 14.7 Å². The molecule has 0 saturated carbocycles. The number of hydrogen-bond donors (Lipinski definition) is 2. The van der Waals surface area contributed by atoms with Crippen LogP contribution in [0.5, 0.6) is 0 Å². The summed E-state index contributed by atoms with van der Waals surface area (Å²) in [5.74, 6) is -1.32. The number of urea groups is 1. The molecule has 0 aromatic heterocycles. The molecule has 1 saturated heterocycles. The van der Waals surface area contributed by atoms with Crippen LogP contribution in [0.4, 0.5) is 4.79 Å². The van der Waals surface area contributed by atoms with Crippen LogP contribution in [0, 0.1) is 5.92 Å². The van der Waals surface area contributed by atoms with E-state index < -0.39 is 11.9 Å². The Hall–Kier alpha value is -2.53. The SMILES string of the molecule is CC(NC(=O)N1CCC(C(=O)O)C1)c1ccccc1-c1ccc(Cl)cc1. The first-order valence-corrected chi connectivity index (χ1v) is 8.96. The average Bonchev–Trinajstić information content (AvgIpc) is 3.13. The predicted molar refractivity (Wildman–Crippen MR) is 101 cm³/mol. The van der Waals surface area contributed by atoms with Crippen molar-refractivity contribution in [2.45, 2.75) is 19.4 Å². The minimum atomic E-state index is -0.846. The van der Waals surface area contributed by atoms with Crippen molar-refractivity contribution in [3.63, 3.8) is 0 Å². The van der Waals surface area contributed by atoms with Crippen LogP contribution in [-0.2, 0) is 4.79 Å².